The van der Waals surface area contributed by atoms with Gasteiger partial charge in [-0.15, -0.1) is 11.3 Å². The van der Waals surface area contributed by atoms with Gasteiger partial charge in [-0.05, 0) is 25.7 Å². The molecule has 1 unspecified atom stereocenters. The second-order valence-electron chi connectivity index (χ2n) is 5.38. The van der Waals surface area contributed by atoms with Crippen LogP contribution in [0.3, 0.4) is 0 Å². The number of amides is 1. The Hall–Kier alpha value is -1.73. The fraction of sp³-hybridized carbons (Fsp3) is 0.462. The largest absolute Gasteiger partial charge is 0.345 e. The zero-order valence-electron chi connectivity index (χ0n) is 11.1. The topological polar surface area (TPSA) is 89.5 Å². The number of rotatable bonds is 4. The first-order chi connectivity index (χ1) is 9.55. The lowest BCUT2D eigenvalue weighted by molar-refractivity contribution is 0.0895. The molecule has 1 saturated carbocycles. The van der Waals surface area contributed by atoms with E-state index in [9.17, 15) is 9.59 Å². The van der Waals surface area contributed by atoms with E-state index in [1.165, 1.54) is 21.9 Å². The summed E-state index contributed by atoms with van der Waals surface area (Å²) in [6.45, 7) is 2.29. The highest BCUT2D eigenvalue weighted by atomic mass is 32.1. The number of nitrogens with zero attached hydrogens (tertiary/aromatic N) is 2. The SMILES string of the molecule is CC(CN)(NC(=O)c1cnc2sccn2c1=O)C1CC1. The first-order valence-electron chi connectivity index (χ1n) is 6.52. The fourth-order valence-electron chi connectivity index (χ4n) is 2.35. The predicted octanol–water partition coefficient (Wildman–Crippen LogP) is 0.613. The van der Waals surface area contributed by atoms with Crippen LogP contribution < -0.4 is 16.6 Å². The number of hydrogen-bond acceptors (Lipinski definition) is 5. The van der Waals surface area contributed by atoms with Crippen LogP contribution in [0.4, 0.5) is 0 Å². The summed E-state index contributed by atoms with van der Waals surface area (Å²) in [4.78, 5) is 29.3. The zero-order chi connectivity index (χ0) is 14.3. The summed E-state index contributed by atoms with van der Waals surface area (Å²) in [5.41, 5.74) is 5.04. The van der Waals surface area contributed by atoms with Crippen LogP contribution in [0.5, 0.6) is 0 Å². The van der Waals surface area contributed by atoms with E-state index in [1.807, 2.05) is 6.92 Å². The lowest BCUT2D eigenvalue weighted by Crippen LogP contribution is -2.54. The van der Waals surface area contributed by atoms with E-state index in [0.29, 0.717) is 17.4 Å². The number of aromatic nitrogens is 2. The number of hydrogen-bond donors (Lipinski definition) is 2. The Labute approximate surface area is 119 Å². The molecule has 0 radical (unpaired) electrons. The molecule has 1 amide bonds. The van der Waals surface area contributed by atoms with E-state index < -0.39 is 11.4 Å². The number of carbonyl (C=O) groups excluding carboxylic acids is 1. The van der Waals surface area contributed by atoms with Crippen LogP contribution in [-0.4, -0.2) is 27.4 Å². The van der Waals surface area contributed by atoms with Crippen LogP contribution >= 0.6 is 11.3 Å². The normalized spacial score (nSPS) is 17.9. The van der Waals surface area contributed by atoms with Crippen molar-refractivity contribution in [2.45, 2.75) is 25.3 Å². The van der Waals surface area contributed by atoms with Gasteiger partial charge in [-0.25, -0.2) is 4.98 Å². The maximum atomic E-state index is 12.3. The smallest absolute Gasteiger partial charge is 0.271 e. The van der Waals surface area contributed by atoms with Crippen LogP contribution in [0.25, 0.3) is 4.96 Å². The van der Waals surface area contributed by atoms with Crippen LogP contribution in [-0.2, 0) is 0 Å². The quantitative estimate of drug-likeness (QED) is 0.864. The van der Waals surface area contributed by atoms with E-state index in [4.69, 9.17) is 5.73 Å². The Kier molecular flexibility index (Phi) is 3.10. The molecule has 0 spiro atoms. The highest BCUT2D eigenvalue weighted by molar-refractivity contribution is 7.15. The third-order valence-corrected chi connectivity index (χ3v) is 4.66. The molecule has 6 nitrogen and oxygen atoms in total. The Balaban J connectivity index is 1.92. The zero-order valence-corrected chi connectivity index (χ0v) is 11.9. The maximum absolute atomic E-state index is 12.3. The molecule has 2 heterocycles. The highest BCUT2D eigenvalue weighted by Gasteiger charge is 2.41. The molecular weight excluding hydrogens is 276 g/mol. The molecule has 1 aliphatic carbocycles. The molecule has 0 bridgehead atoms. The Morgan fingerprint density at radius 2 is 2.40 bits per heavy atom. The molecule has 0 aromatic carbocycles. The number of fused-ring (bicyclic) bond motifs is 1. The minimum atomic E-state index is -0.447. The van der Waals surface area contributed by atoms with Crippen molar-refractivity contribution in [1.29, 1.82) is 0 Å². The van der Waals surface area contributed by atoms with Gasteiger partial charge in [-0.1, -0.05) is 0 Å². The minimum absolute atomic E-state index is 0.0567. The van der Waals surface area contributed by atoms with Crippen molar-refractivity contribution in [3.63, 3.8) is 0 Å². The summed E-state index contributed by atoms with van der Waals surface area (Å²) in [5.74, 6) is -0.00000656. The third-order valence-electron chi connectivity index (χ3n) is 3.89. The molecule has 2 aromatic heterocycles. The molecule has 20 heavy (non-hydrogen) atoms. The van der Waals surface area contributed by atoms with Crippen molar-refractivity contribution >= 4 is 22.2 Å². The van der Waals surface area contributed by atoms with E-state index >= 15 is 0 Å². The van der Waals surface area contributed by atoms with Gasteiger partial charge in [0.15, 0.2) is 4.96 Å². The van der Waals surface area contributed by atoms with Crippen molar-refractivity contribution in [3.05, 3.63) is 33.7 Å². The Morgan fingerprint density at radius 3 is 3.05 bits per heavy atom. The second kappa shape index (κ2) is 4.68. The Morgan fingerprint density at radius 1 is 1.65 bits per heavy atom. The van der Waals surface area contributed by atoms with Gasteiger partial charge in [0.2, 0.25) is 0 Å². The predicted molar refractivity (Wildman–Crippen MR) is 77.0 cm³/mol. The average molecular weight is 292 g/mol. The van der Waals surface area contributed by atoms with Crippen LogP contribution in [0, 0.1) is 5.92 Å². The van der Waals surface area contributed by atoms with Crippen molar-refractivity contribution in [3.8, 4) is 0 Å². The van der Waals surface area contributed by atoms with E-state index in [1.54, 1.807) is 11.6 Å². The molecule has 1 atom stereocenters. The molecule has 106 valence electrons. The fourth-order valence-corrected chi connectivity index (χ4v) is 3.02. The van der Waals surface area contributed by atoms with Gasteiger partial charge in [0.05, 0.1) is 5.54 Å². The van der Waals surface area contributed by atoms with E-state index in [-0.39, 0.29) is 11.1 Å². The molecule has 3 rings (SSSR count). The van der Waals surface area contributed by atoms with E-state index in [0.717, 1.165) is 12.8 Å². The second-order valence-corrected chi connectivity index (χ2v) is 6.26. The van der Waals surface area contributed by atoms with Crippen LogP contribution in [0.2, 0.25) is 0 Å². The summed E-state index contributed by atoms with van der Waals surface area (Å²) in [6, 6.07) is 0. The number of nitrogens with two attached hydrogens (primary N) is 1. The standard InChI is InChI=1S/C13H16N4O2S/c1-13(7-14,8-2-3-8)16-10(18)9-6-15-12-17(11(9)19)4-5-20-12/h4-6,8H,2-3,7,14H2,1H3,(H,16,18). The molecule has 1 aliphatic rings. The number of carbonyl (C=O) groups is 1. The number of nitrogens with one attached hydrogen (secondary N) is 1. The van der Waals surface area contributed by atoms with Gasteiger partial charge in [0, 0.05) is 24.3 Å². The Bertz CT molecular complexity index is 718. The van der Waals surface area contributed by atoms with E-state index in [2.05, 4.69) is 10.3 Å². The summed E-state index contributed by atoms with van der Waals surface area (Å²) < 4.78 is 1.39. The maximum Gasteiger partial charge on any atom is 0.271 e. The molecule has 0 aliphatic heterocycles. The summed E-state index contributed by atoms with van der Waals surface area (Å²) in [7, 11) is 0. The highest BCUT2D eigenvalue weighted by Crippen LogP contribution is 2.39. The number of thiazole rings is 1. The van der Waals surface area contributed by atoms with Crippen LogP contribution in [0.1, 0.15) is 30.1 Å². The molecule has 1 fully saturated rings. The van der Waals surface area contributed by atoms with Gasteiger partial charge < -0.3 is 11.1 Å². The summed E-state index contributed by atoms with van der Waals surface area (Å²) in [5, 5.41) is 4.67. The van der Waals surface area contributed by atoms with Gasteiger partial charge in [0.1, 0.15) is 5.56 Å². The molecule has 7 heteroatoms. The molecular formula is C13H16N4O2S. The monoisotopic (exact) mass is 292 g/mol. The minimum Gasteiger partial charge on any atom is -0.345 e. The lowest BCUT2D eigenvalue weighted by atomic mass is 9.95. The molecule has 3 N–H and O–H groups in total. The molecule has 2 aromatic rings. The van der Waals surface area contributed by atoms with Gasteiger partial charge in [0.25, 0.3) is 11.5 Å². The lowest BCUT2D eigenvalue weighted by Gasteiger charge is -2.29. The van der Waals surface area contributed by atoms with Crippen molar-refractivity contribution in [2.75, 3.05) is 6.54 Å². The third kappa shape index (κ3) is 2.12. The molecule has 0 saturated heterocycles. The first kappa shape index (κ1) is 13.3. The van der Waals surface area contributed by atoms with Gasteiger partial charge in [-0.2, -0.15) is 0 Å². The van der Waals surface area contributed by atoms with Gasteiger partial charge in [-0.3, -0.25) is 14.0 Å². The van der Waals surface area contributed by atoms with Crippen molar-refractivity contribution in [2.24, 2.45) is 11.7 Å². The summed E-state index contributed by atoms with van der Waals surface area (Å²) in [6.07, 6.45) is 5.09. The first-order valence-corrected chi connectivity index (χ1v) is 7.40. The van der Waals surface area contributed by atoms with Crippen molar-refractivity contribution in [1.82, 2.24) is 14.7 Å². The van der Waals surface area contributed by atoms with Gasteiger partial charge >= 0.3 is 0 Å². The average Bonchev–Trinajstić information content (AvgIpc) is 3.18. The summed E-state index contributed by atoms with van der Waals surface area (Å²) >= 11 is 1.35. The van der Waals surface area contributed by atoms with Crippen LogP contribution in [0.15, 0.2) is 22.6 Å². The van der Waals surface area contributed by atoms with Crippen molar-refractivity contribution < 1.29 is 4.79 Å².